The van der Waals surface area contributed by atoms with Crippen molar-refractivity contribution in [2.45, 2.75) is 6.42 Å². The van der Waals surface area contributed by atoms with Gasteiger partial charge in [-0.3, -0.25) is 0 Å². The molecule has 1 radical (unpaired) electrons. The molecule has 0 aliphatic heterocycles. The molecule has 11 heavy (non-hydrogen) atoms. The first kappa shape index (κ1) is 8.30. The second-order valence-electron chi connectivity index (χ2n) is 2.45. The van der Waals surface area contributed by atoms with Gasteiger partial charge in [-0.25, -0.2) is 0 Å². The minimum absolute atomic E-state index is 0.154. The molecule has 0 aromatic rings. The Hall–Kier alpha value is -0.800. The summed E-state index contributed by atoms with van der Waals surface area (Å²) in [6.07, 6.45) is 6.51. The molecule has 0 saturated carbocycles. The molecule has 1 aliphatic carbocycles. The van der Waals surface area contributed by atoms with Crippen molar-refractivity contribution in [3.63, 3.8) is 0 Å². The van der Waals surface area contributed by atoms with Crippen LogP contribution < -0.4 is 11.1 Å². The molecule has 0 atom stereocenters. The number of aliphatic hydroxyl groups is 1. The average molecular weight is 153 g/mol. The fourth-order valence-electron chi connectivity index (χ4n) is 0.964. The van der Waals surface area contributed by atoms with E-state index < -0.39 is 0 Å². The van der Waals surface area contributed by atoms with Crippen molar-refractivity contribution in [2.75, 3.05) is 13.2 Å². The maximum Gasteiger partial charge on any atom is 0.0620 e. The van der Waals surface area contributed by atoms with Gasteiger partial charge >= 0.3 is 0 Å². The summed E-state index contributed by atoms with van der Waals surface area (Å²) in [6, 6.07) is 0.855. The number of nitrogens with one attached hydrogen (secondary N) is 1. The predicted octanol–water partition coefficient (Wildman–Crippen LogP) is -0.0972. The van der Waals surface area contributed by atoms with Gasteiger partial charge in [-0.05, 0) is 6.08 Å². The number of allylic oxidation sites excluding steroid dienone is 2. The van der Waals surface area contributed by atoms with Gasteiger partial charge < -0.3 is 16.2 Å². The van der Waals surface area contributed by atoms with Crippen LogP contribution in [0, 0.1) is 6.04 Å². The van der Waals surface area contributed by atoms with Crippen LogP contribution in [0.1, 0.15) is 6.42 Å². The number of hydrogen-bond donors (Lipinski definition) is 3. The molecule has 1 aliphatic rings. The van der Waals surface area contributed by atoms with Crippen molar-refractivity contribution in [3.8, 4) is 0 Å². The first-order chi connectivity index (χ1) is 5.33. The first-order valence-electron chi connectivity index (χ1n) is 3.66. The standard InChI is InChI=1S/C8H13N2O/c9-7-2-1-3-8(6-7)10-4-5-11/h1-3,10-11H,4-6,9H2. The van der Waals surface area contributed by atoms with E-state index >= 15 is 0 Å². The Morgan fingerprint density at radius 3 is 3.09 bits per heavy atom. The summed E-state index contributed by atoms with van der Waals surface area (Å²) in [5, 5.41) is 11.6. The molecule has 0 aromatic heterocycles. The molecule has 0 spiro atoms. The Labute approximate surface area is 66.6 Å². The molecule has 0 fully saturated rings. The monoisotopic (exact) mass is 153 g/mol. The quantitative estimate of drug-likeness (QED) is 0.531. The SMILES string of the molecule is N[C]1C=CC=C(NCCO)C1. The van der Waals surface area contributed by atoms with Gasteiger partial charge in [-0.1, -0.05) is 12.2 Å². The Bertz CT molecular complexity index is 175. The minimum Gasteiger partial charge on any atom is -0.395 e. The van der Waals surface area contributed by atoms with Crippen molar-refractivity contribution in [2.24, 2.45) is 5.73 Å². The van der Waals surface area contributed by atoms with Gasteiger partial charge in [0.25, 0.3) is 0 Å². The Morgan fingerprint density at radius 2 is 2.45 bits per heavy atom. The van der Waals surface area contributed by atoms with Gasteiger partial charge in [0.15, 0.2) is 0 Å². The third kappa shape index (κ3) is 2.74. The number of nitrogens with two attached hydrogens (primary N) is 1. The molecule has 0 bridgehead atoms. The molecule has 0 unspecified atom stereocenters. The van der Waals surface area contributed by atoms with E-state index in [0.29, 0.717) is 6.54 Å². The van der Waals surface area contributed by atoms with Gasteiger partial charge in [0, 0.05) is 18.7 Å². The Balaban J connectivity index is 2.33. The Kier molecular flexibility index (Phi) is 3.14. The molecule has 61 valence electrons. The summed E-state index contributed by atoms with van der Waals surface area (Å²) in [4.78, 5) is 0. The summed E-state index contributed by atoms with van der Waals surface area (Å²) < 4.78 is 0. The lowest BCUT2D eigenvalue weighted by atomic mass is 10.1. The molecule has 0 heterocycles. The molecular formula is C8H13N2O. The van der Waals surface area contributed by atoms with Gasteiger partial charge in [-0.15, -0.1) is 0 Å². The zero-order valence-corrected chi connectivity index (χ0v) is 6.38. The van der Waals surface area contributed by atoms with Crippen LogP contribution in [0.25, 0.3) is 0 Å². The van der Waals surface area contributed by atoms with Crippen molar-refractivity contribution in [3.05, 3.63) is 30.0 Å². The second-order valence-corrected chi connectivity index (χ2v) is 2.45. The van der Waals surface area contributed by atoms with E-state index in [9.17, 15) is 0 Å². The maximum atomic E-state index is 8.52. The van der Waals surface area contributed by atoms with Crippen LogP contribution in [-0.4, -0.2) is 18.3 Å². The largest absolute Gasteiger partial charge is 0.395 e. The van der Waals surface area contributed by atoms with Gasteiger partial charge in [0.1, 0.15) is 0 Å². The lowest BCUT2D eigenvalue weighted by Crippen LogP contribution is -2.22. The second kappa shape index (κ2) is 4.16. The van der Waals surface area contributed by atoms with E-state index in [1.807, 2.05) is 18.2 Å². The summed E-state index contributed by atoms with van der Waals surface area (Å²) in [7, 11) is 0. The van der Waals surface area contributed by atoms with E-state index in [0.717, 1.165) is 18.2 Å². The van der Waals surface area contributed by atoms with E-state index in [1.165, 1.54) is 0 Å². The Morgan fingerprint density at radius 1 is 1.64 bits per heavy atom. The van der Waals surface area contributed by atoms with E-state index in [-0.39, 0.29) is 6.61 Å². The number of rotatable bonds is 3. The van der Waals surface area contributed by atoms with Crippen molar-refractivity contribution in [1.29, 1.82) is 0 Å². The zero-order valence-electron chi connectivity index (χ0n) is 6.38. The third-order valence-electron chi connectivity index (χ3n) is 1.47. The highest BCUT2D eigenvalue weighted by atomic mass is 16.3. The van der Waals surface area contributed by atoms with E-state index in [4.69, 9.17) is 10.8 Å². The fourth-order valence-corrected chi connectivity index (χ4v) is 0.964. The summed E-state index contributed by atoms with van der Waals surface area (Å²) >= 11 is 0. The minimum atomic E-state index is 0.154. The number of hydrogen-bond acceptors (Lipinski definition) is 3. The third-order valence-corrected chi connectivity index (χ3v) is 1.47. The molecular weight excluding hydrogens is 140 g/mol. The van der Waals surface area contributed by atoms with Gasteiger partial charge in [0.2, 0.25) is 0 Å². The van der Waals surface area contributed by atoms with Crippen molar-refractivity contribution < 1.29 is 5.11 Å². The van der Waals surface area contributed by atoms with Crippen LogP contribution in [0.2, 0.25) is 0 Å². The highest BCUT2D eigenvalue weighted by Gasteiger charge is 2.05. The molecule has 0 saturated heterocycles. The summed E-state index contributed by atoms with van der Waals surface area (Å²) in [5.74, 6) is 0. The average Bonchev–Trinajstić information content (AvgIpc) is 2.01. The maximum absolute atomic E-state index is 8.52. The lowest BCUT2D eigenvalue weighted by Gasteiger charge is -2.14. The molecule has 3 nitrogen and oxygen atoms in total. The van der Waals surface area contributed by atoms with Gasteiger partial charge in [0.05, 0.1) is 12.6 Å². The molecule has 0 amide bonds. The molecule has 4 N–H and O–H groups in total. The lowest BCUT2D eigenvalue weighted by molar-refractivity contribution is 0.296. The summed E-state index contributed by atoms with van der Waals surface area (Å²) in [5.41, 5.74) is 6.65. The fraction of sp³-hybridized carbons (Fsp3) is 0.375. The predicted molar refractivity (Wildman–Crippen MR) is 44.4 cm³/mol. The zero-order chi connectivity index (χ0) is 8.10. The molecule has 0 aromatic carbocycles. The topological polar surface area (TPSA) is 58.3 Å². The molecule has 3 heteroatoms. The van der Waals surface area contributed by atoms with Crippen molar-refractivity contribution >= 4 is 0 Å². The van der Waals surface area contributed by atoms with E-state index in [1.54, 1.807) is 0 Å². The highest BCUT2D eigenvalue weighted by molar-refractivity contribution is 5.26. The van der Waals surface area contributed by atoms with E-state index in [2.05, 4.69) is 5.32 Å². The van der Waals surface area contributed by atoms with Crippen LogP contribution in [0.3, 0.4) is 0 Å². The number of aliphatic hydroxyl groups excluding tert-OH is 1. The van der Waals surface area contributed by atoms with Crippen LogP contribution in [0.5, 0.6) is 0 Å². The van der Waals surface area contributed by atoms with Gasteiger partial charge in [-0.2, -0.15) is 0 Å². The highest BCUT2D eigenvalue weighted by Crippen LogP contribution is 2.12. The van der Waals surface area contributed by atoms with Crippen LogP contribution in [-0.2, 0) is 0 Å². The summed E-state index contributed by atoms with van der Waals surface area (Å²) in [6.45, 7) is 0.744. The van der Waals surface area contributed by atoms with Crippen LogP contribution >= 0.6 is 0 Å². The van der Waals surface area contributed by atoms with Crippen molar-refractivity contribution in [1.82, 2.24) is 5.32 Å². The smallest absolute Gasteiger partial charge is 0.0620 e. The first-order valence-corrected chi connectivity index (χ1v) is 3.66. The van der Waals surface area contributed by atoms with Crippen LogP contribution in [0.15, 0.2) is 23.9 Å². The van der Waals surface area contributed by atoms with Crippen LogP contribution in [0.4, 0.5) is 0 Å². The normalized spacial score (nSPS) is 18.2. The molecule has 1 rings (SSSR count).